The topological polar surface area (TPSA) is 88.2 Å². The third-order valence-electron chi connectivity index (χ3n) is 4.30. The van der Waals surface area contributed by atoms with Gasteiger partial charge in [0.05, 0.1) is 26.4 Å². The molecule has 0 aliphatic rings. The molecule has 6 nitrogen and oxygen atoms in total. The zero-order valence-corrected chi connectivity index (χ0v) is 18.1. The van der Waals surface area contributed by atoms with Gasteiger partial charge >= 0.3 is 0 Å². The second-order valence-electron chi connectivity index (χ2n) is 6.55. The number of hydrogen-bond donors (Lipinski definition) is 2. The first-order valence-electron chi connectivity index (χ1n) is 8.88. The molecule has 0 bridgehead atoms. The Kier molecular flexibility index (Phi) is 5.46. The van der Waals surface area contributed by atoms with Crippen LogP contribution in [0.15, 0.2) is 71.6 Å². The number of aryl methyl sites for hydroxylation is 1. The van der Waals surface area contributed by atoms with Crippen molar-refractivity contribution in [2.45, 2.75) is 11.8 Å². The molecule has 2 N–H and O–H groups in total. The molecule has 1 aromatic heterocycles. The van der Waals surface area contributed by atoms with Crippen LogP contribution in [0.4, 0.5) is 10.8 Å². The highest BCUT2D eigenvalue weighted by molar-refractivity contribution is 7.92. The molecule has 152 valence electrons. The van der Waals surface area contributed by atoms with Crippen molar-refractivity contribution in [1.82, 2.24) is 4.98 Å². The average molecular weight is 458 g/mol. The molecule has 4 aromatic rings. The maximum atomic E-state index is 12.9. The number of para-hydroxylation sites is 1. The molecule has 0 atom stereocenters. The van der Waals surface area contributed by atoms with Gasteiger partial charge in [0.1, 0.15) is 0 Å². The summed E-state index contributed by atoms with van der Waals surface area (Å²) in [7, 11) is -3.90. The van der Waals surface area contributed by atoms with Gasteiger partial charge in [0.15, 0.2) is 5.13 Å². The number of amides is 1. The lowest BCUT2D eigenvalue weighted by atomic mass is 10.1. The summed E-state index contributed by atoms with van der Waals surface area (Å²) in [5.74, 6) is -0.456. The SMILES string of the molecule is Cc1ccc(C(=O)Nc2nc3ccccc3s2)c(NS(=O)(=O)c2ccc(Cl)cc2)c1. The number of halogens is 1. The molecule has 4 rings (SSSR count). The van der Waals surface area contributed by atoms with Crippen molar-refractivity contribution in [3.8, 4) is 0 Å². The minimum Gasteiger partial charge on any atom is -0.298 e. The van der Waals surface area contributed by atoms with E-state index >= 15 is 0 Å². The Labute approximate surface area is 182 Å². The van der Waals surface area contributed by atoms with Gasteiger partial charge in [-0.1, -0.05) is 41.1 Å². The number of anilines is 2. The van der Waals surface area contributed by atoms with Crippen molar-refractivity contribution in [1.29, 1.82) is 0 Å². The fraction of sp³-hybridized carbons (Fsp3) is 0.0476. The summed E-state index contributed by atoms with van der Waals surface area (Å²) in [4.78, 5) is 17.3. The second-order valence-corrected chi connectivity index (χ2v) is 9.70. The Bertz CT molecular complexity index is 1320. The van der Waals surface area contributed by atoms with Crippen LogP contribution in [0.25, 0.3) is 10.2 Å². The molecule has 0 spiro atoms. The summed E-state index contributed by atoms with van der Waals surface area (Å²) in [5.41, 5.74) is 1.96. The van der Waals surface area contributed by atoms with Crippen molar-refractivity contribution >= 4 is 59.9 Å². The molecule has 1 amide bonds. The first-order valence-corrected chi connectivity index (χ1v) is 11.6. The Morgan fingerprint density at radius 3 is 2.50 bits per heavy atom. The summed E-state index contributed by atoms with van der Waals surface area (Å²) < 4.78 is 29.0. The molecule has 0 unspecified atom stereocenters. The van der Waals surface area contributed by atoms with Crippen molar-refractivity contribution in [3.05, 3.63) is 82.9 Å². The Morgan fingerprint density at radius 2 is 1.77 bits per heavy atom. The number of fused-ring (bicyclic) bond motifs is 1. The largest absolute Gasteiger partial charge is 0.298 e. The lowest BCUT2D eigenvalue weighted by Gasteiger charge is -2.13. The zero-order chi connectivity index (χ0) is 21.3. The van der Waals surface area contributed by atoms with Crippen LogP contribution < -0.4 is 10.0 Å². The molecule has 30 heavy (non-hydrogen) atoms. The highest BCUT2D eigenvalue weighted by Gasteiger charge is 2.20. The third kappa shape index (κ3) is 4.30. The third-order valence-corrected chi connectivity index (χ3v) is 6.89. The molecule has 0 fully saturated rings. The molecule has 3 aromatic carbocycles. The molecule has 9 heteroatoms. The van der Waals surface area contributed by atoms with Gasteiger partial charge in [-0.25, -0.2) is 13.4 Å². The van der Waals surface area contributed by atoms with E-state index in [1.165, 1.54) is 35.6 Å². The van der Waals surface area contributed by atoms with Gasteiger partial charge in [-0.15, -0.1) is 0 Å². The summed E-state index contributed by atoms with van der Waals surface area (Å²) >= 11 is 7.19. The number of carbonyl (C=O) groups excluding carboxylic acids is 1. The van der Waals surface area contributed by atoms with E-state index in [9.17, 15) is 13.2 Å². The molecular formula is C21H16ClN3O3S2. The lowest BCUT2D eigenvalue weighted by molar-refractivity contribution is 0.102. The average Bonchev–Trinajstić information content (AvgIpc) is 3.10. The number of hydrogen-bond acceptors (Lipinski definition) is 5. The first kappa shape index (κ1) is 20.3. The van der Waals surface area contributed by atoms with E-state index in [1.54, 1.807) is 18.2 Å². The standard InChI is InChI=1S/C21H16ClN3O3S2/c1-13-6-11-16(20(26)24-21-23-17-4-2-3-5-19(17)29-21)18(12-13)25-30(27,28)15-9-7-14(22)8-10-15/h2-12,25H,1H3,(H,23,24,26). The number of carbonyl (C=O) groups is 1. The fourth-order valence-corrected chi connectivity index (χ4v) is 4.91. The number of rotatable bonds is 5. The number of thiazole rings is 1. The van der Waals surface area contributed by atoms with E-state index < -0.39 is 15.9 Å². The van der Waals surface area contributed by atoms with Crippen LogP contribution in [0.1, 0.15) is 15.9 Å². The van der Waals surface area contributed by atoms with Gasteiger partial charge < -0.3 is 0 Å². The van der Waals surface area contributed by atoms with Crippen LogP contribution in [0.2, 0.25) is 5.02 Å². The van der Waals surface area contributed by atoms with Crippen molar-refractivity contribution in [3.63, 3.8) is 0 Å². The Hall–Kier alpha value is -2.94. The molecule has 0 saturated heterocycles. The predicted octanol–water partition coefficient (Wildman–Crippen LogP) is 5.31. The van der Waals surface area contributed by atoms with Crippen molar-refractivity contribution in [2.75, 3.05) is 10.0 Å². The van der Waals surface area contributed by atoms with E-state index in [1.807, 2.05) is 31.2 Å². The Balaban J connectivity index is 1.64. The van der Waals surface area contributed by atoms with Crippen molar-refractivity contribution in [2.24, 2.45) is 0 Å². The van der Waals surface area contributed by atoms with Crippen LogP contribution in [-0.4, -0.2) is 19.3 Å². The van der Waals surface area contributed by atoms with Crippen LogP contribution in [0, 0.1) is 6.92 Å². The van der Waals surface area contributed by atoms with E-state index in [-0.39, 0.29) is 16.1 Å². The fourth-order valence-electron chi connectivity index (χ4n) is 2.85. The summed E-state index contributed by atoms with van der Waals surface area (Å²) in [6.45, 7) is 1.81. The van der Waals surface area contributed by atoms with Gasteiger partial charge in [0.25, 0.3) is 15.9 Å². The smallest absolute Gasteiger partial charge is 0.261 e. The number of nitrogens with one attached hydrogen (secondary N) is 2. The van der Waals surface area contributed by atoms with Crippen molar-refractivity contribution < 1.29 is 13.2 Å². The van der Waals surface area contributed by atoms with Crippen LogP contribution in [0.3, 0.4) is 0 Å². The predicted molar refractivity (Wildman–Crippen MR) is 121 cm³/mol. The highest BCUT2D eigenvalue weighted by atomic mass is 35.5. The van der Waals surface area contributed by atoms with Gasteiger partial charge in [0.2, 0.25) is 0 Å². The van der Waals surface area contributed by atoms with Gasteiger partial charge in [-0.2, -0.15) is 0 Å². The monoisotopic (exact) mass is 457 g/mol. The number of benzene rings is 3. The maximum Gasteiger partial charge on any atom is 0.261 e. The highest BCUT2D eigenvalue weighted by Crippen LogP contribution is 2.28. The van der Waals surface area contributed by atoms with E-state index in [0.29, 0.717) is 10.2 Å². The lowest BCUT2D eigenvalue weighted by Crippen LogP contribution is -2.18. The summed E-state index contributed by atoms with van der Waals surface area (Å²) in [6, 6.07) is 18.3. The van der Waals surface area contributed by atoms with E-state index in [0.717, 1.165) is 15.8 Å². The summed E-state index contributed by atoms with van der Waals surface area (Å²) in [6.07, 6.45) is 0. The number of aromatic nitrogens is 1. The molecule has 0 saturated carbocycles. The van der Waals surface area contributed by atoms with Crippen LogP contribution in [0.5, 0.6) is 0 Å². The van der Waals surface area contributed by atoms with Crippen LogP contribution in [-0.2, 0) is 10.0 Å². The Morgan fingerprint density at radius 1 is 1.03 bits per heavy atom. The molecule has 0 radical (unpaired) electrons. The van der Waals surface area contributed by atoms with Gasteiger partial charge in [-0.05, 0) is 61.0 Å². The van der Waals surface area contributed by atoms with E-state index in [2.05, 4.69) is 15.0 Å². The maximum absolute atomic E-state index is 12.9. The molecular weight excluding hydrogens is 442 g/mol. The van der Waals surface area contributed by atoms with Gasteiger partial charge in [-0.3, -0.25) is 14.8 Å². The van der Waals surface area contributed by atoms with Crippen LogP contribution >= 0.6 is 22.9 Å². The second kappa shape index (κ2) is 8.06. The minimum atomic E-state index is -3.90. The minimum absolute atomic E-state index is 0.0472. The molecule has 0 aliphatic carbocycles. The first-order chi connectivity index (χ1) is 14.3. The summed E-state index contributed by atoms with van der Waals surface area (Å²) in [5, 5.41) is 3.63. The number of nitrogens with zero attached hydrogens (tertiary/aromatic N) is 1. The quantitative estimate of drug-likeness (QED) is 0.425. The zero-order valence-electron chi connectivity index (χ0n) is 15.7. The van der Waals surface area contributed by atoms with E-state index in [4.69, 9.17) is 11.6 Å². The normalized spacial score (nSPS) is 11.4. The number of sulfonamides is 1. The molecule has 0 aliphatic heterocycles. The molecule has 1 heterocycles. The van der Waals surface area contributed by atoms with Gasteiger partial charge in [0, 0.05) is 5.02 Å².